The molecule has 1 atom stereocenters. The second-order valence-electron chi connectivity index (χ2n) is 4.62. The summed E-state index contributed by atoms with van der Waals surface area (Å²) in [4.78, 5) is 4.14. The third-order valence-corrected chi connectivity index (χ3v) is 3.09. The van der Waals surface area contributed by atoms with Gasteiger partial charge in [0, 0.05) is 11.9 Å². The number of rotatable bonds is 5. The van der Waals surface area contributed by atoms with Crippen molar-refractivity contribution in [1.29, 1.82) is 0 Å². The molecule has 0 saturated carbocycles. The van der Waals surface area contributed by atoms with E-state index < -0.39 is 0 Å². The summed E-state index contributed by atoms with van der Waals surface area (Å²) >= 11 is 0. The van der Waals surface area contributed by atoms with Crippen LogP contribution in [0.2, 0.25) is 0 Å². The van der Waals surface area contributed by atoms with Crippen molar-refractivity contribution in [2.24, 2.45) is 0 Å². The summed E-state index contributed by atoms with van der Waals surface area (Å²) in [6, 6.07) is 14.2. The molecule has 0 aliphatic carbocycles. The van der Waals surface area contributed by atoms with Crippen molar-refractivity contribution < 1.29 is 5.11 Å². The fourth-order valence-electron chi connectivity index (χ4n) is 2.09. The molecular weight excluding hydrogens is 222 g/mol. The molecule has 1 heterocycles. The molecule has 1 unspecified atom stereocenters. The van der Waals surface area contributed by atoms with E-state index in [1.807, 2.05) is 25.1 Å². The lowest BCUT2D eigenvalue weighted by Gasteiger charge is -2.11. The molecule has 94 valence electrons. The van der Waals surface area contributed by atoms with Gasteiger partial charge in [-0.2, -0.15) is 0 Å². The average molecular weight is 241 g/mol. The van der Waals surface area contributed by atoms with Gasteiger partial charge in [0.2, 0.25) is 0 Å². The molecule has 2 heteroatoms. The van der Waals surface area contributed by atoms with Gasteiger partial charge in [0.1, 0.15) is 0 Å². The Hall–Kier alpha value is -1.67. The largest absolute Gasteiger partial charge is 0.388 e. The summed E-state index contributed by atoms with van der Waals surface area (Å²) in [5.41, 5.74) is 3.25. The van der Waals surface area contributed by atoms with Crippen LogP contribution in [-0.2, 0) is 6.42 Å². The van der Waals surface area contributed by atoms with Crippen LogP contribution >= 0.6 is 0 Å². The Kier molecular flexibility index (Phi) is 4.48. The SMILES string of the molecule is Cc1cc(C(O)CCCc2ccccc2)ccn1. The second-order valence-corrected chi connectivity index (χ2v) is 4.62. The van der Waals surface area contributed by atoms with Crippen molar-refractivity contribution >= 4 is 0 Å². The van der Waals surface area contributed by atoms with E-state index in [2.05, 4.69) is 29.2 Å². The highest BCUT2D eigenvalue weighted by Crippen LogP contribution is 2.19. The number of pyridine rings is 1. The van der Waals surface area contributed by atoms with Crippen molar-refractivity contribution in [3.8, 4) is 0 Å². The van der Waals surface area contributed by atoms with Gasteiger partial charge in [0.25, 0.3) is 0 Å². The van der Waals surface area contributed by atoms with Gasteiger partial charge < -0.3 is 5.11 Å². The summed E-state index contributed by atoms with van der Waals surface area (Å²) in [7, 11) is 0. The molecule has 0 spiro atoms. The first-order chi connectivity index (χ1) is 8.75. The Morgan fingerprint density at radius 2 is 1.94 bits per heavy atom. The maximum absolute atomic E-state index is 10.1. The van der Waals surface area contributed by atoms with Crippen LogP contribution in [-0.4, -0.2) is 10.1 Å². The van der Waals surface area contributed by atoms with Gasteiger partial charge in [-0.25, -0.2) is 0 Å². The molecule has 1 N–H and O–H groups in total. The van der Waals surface area contributed by atoms with Crippen LogP contribution in [0, 0.1) is 6.92 Å². The molecule has 2 aromatic rings. The zero-order chi connectivity index (χ0) is 12.8. The van der Waals surface area contributed by atoms with Gasteiger partial charge in [-0.05, 0) is 49.4 Å². The van der Waals surface area contributed by atoms with Crippen molar-refractivity contribution in [3.63, 3.8) is 0 Å². The van der Waals surface area contributed by atoms with E-state index in [0.29, 0.717) is 0 Å². The summed E-state index contributed by atoms with van der Waals surface area (Å²) < 4.78 is 0. The van der Waals surface area contributed by atoms with E-state index in [9.17, 15) is 5.11 Å². The Labute approximate surface area is 108 Å². The zero-order valence-electron chi connectivity index (χ0n) is 10.7. The van der Waals surface area contributed by atoms with Crippen LogP contribution in [0.4, 0.5) is 0 Å². The predicted molar refractivity (Wildman–Crippen MR) is 73.3 cm³/mol. The number of aromatic nitrogens is 1. The maximum atomic E-state index is 10.1. The summed E-state index contributed by atoms with van der Waals surface area (Å²) in [5.74, 6) is 0. The lowest BCUT2D eigenvalue weighted by Crippen LogP contribution is -1.99. The number of hydrogen-bond donors (Lipinski definition) is 1. The predicted octanol–water partition coefficient (Wildman–Crippen LogP) is 3.45. The monoisotopic (exact) mass is 241 g/mol. The molecule has 0 bridgehead atoms. The normalized spacial score (nSPS) is 12.3. The van der Waals surface area contributed by atoms with Gasteiger partial charge in [-0.15, -0.1) is 0 Å². The van der Waals surface area contributed by atoms with E-state index in [1.54, 1.807) is 6.20 Å². The fraction of sp³-hybridized carbons (Fsp3) is 0.312. The minimum Gasteiger partial charge on any atom is -0.388 e. The Balaban J connectivity index is 1.83. The molecule has 18 heavy (non-hydrogen) atoms. The van der Waals surface area contributed by atoms with Crippen LogP contribution in [0.15, 0.2) is 48.7 Å². The number of nitrogens with zero attached hydrogens (tertiary/aromatic N) is 1. The molecule has 1 aromatic heterocycles. The molecule has 1 aromatic carbocycles. The Bertz CT molecular complexity index is 481. The van der Waals surface area contributed by atoms with Gasteiger partial charge in [0.05, 0.1) is 6.10 Å². The topological polar surface area (TPSA) is 33.1 Å². The molecule has 2 rings (SSSR count). The average Bonchev–Trinajstić information content (AvgIpc) is 2.40. The summed E-state index contributed by atoms with van der Waals surface area (Å²) in [5, 5.41) is 10.1. The lowest BCUT2D eigenvalue weighted by molar-refractivity contribution is 0.164. The molecule has 0 saturated heterocycles. The molecular formula is C16H19NO. The number of benzene rings is 1. The molecule has 0 amide bonds. The standard InChI is InChI=1S/C16H19NO/c1-13-12-15(10-11-17-13)16(18)9-5-8-14-6-3-2-4-7-14/h2-4,6-7,10-12,16,18H,5,8-9H2,1H3. The molecule has 0 fully saturated rings. The number of aryl methyl sites for hydroxylation is 2. The zero-order valence-corrected chi connectivity index (χ0v) is 10.7. The maximum Gasteiger partial charge on any atom is 0.0791 e. The van der Waals surface area contributed by atoms with E-state index in [0.717, 1.165) is 30.5 Å². The quantitative estimate of drug-likeness (QED) is 0.869. The van der Waals surface area contributed by atoms with Gasteiger partial charge in [-0.1, -0.05) is 30.3 Å². The van der Waals surface area contributed by atoms with Gasteiger partial charge >= 0.3 is 0 Å². The summed E-state index contributed by atoms with van der Waals surface area (Å²) in [6.07, 6.45) is 4.17. The van der Waals surface area contributed by atoms with Crippen LogP contribution in [0.1, 0.15) is 35.8 Å². The van der Waals surface area contributed by atoms with Gasteiger partial charge in [0.15, 0.2) is 0 Å². The third kappa shape index (κ3) is 3.67. The minimum atomic E-state index is -0.379. The number of aliphatic hydroxyl groups is 1. The lowest BCUT2D eigenvalue weighted by atomic mass is 10.0. The van der Waals surface area contributed by atoms with E-state index in [4.69, 9.17) is 0 Å². The van der Waals surface area contributed by atoms with E-state index >= 15 is 0 Å². The molecule has 0 aliphatic heterocycles. The van der Waals surface area contributed by atoms with Crippen molar-refractivity contribution in [1.82, 2.24) is 4.98 Å². The van der Waals surface area contributed by atoms with E-state index in [1.165, 1.54) is 5.56 Å². The first-order valence-electron chi connectivity index (χ1n) is 6.40. The highest BCUT2D eigenvalue weighted by molar-refractivity contribution is 5.18. The Morgan fingerprint density at radius 1 is 1.17 bits per heavy atom. The third-order valence-electron chi connectivity index (χ3n) is 3.09. The fourth-order valence-corrected chi connectivity index (χ4v) is 2.09. The van der Waals surface area contributed by atoms with Crippen molar-refractivity contribution in [2.75, 3.05) is 0 Å². The highest BCUT2D eigenvalue weighted by Gasteiger charge is 2.07. The van der Waals surface area contributed by atoms with Crippen LogP contribution < -0.4 is 0 Å². The first-order valence-corrected chi connectivity index (χ1v) is 6.40. The smallest absolute Gasteiger partial charge is 0.0791 e. The highest BCUT2D eigenvalue weighted by atomic mass is 16.3. The minimum absolute atomic E-state index is 0.379. The van der Waals surface area contributed by atoms with Crippen LogP contribution in [0.3, 0.4) is 0 Å². The van der Waals surface area contributed by atoms with Gasteiger partial charge in [-0.3, -0.25) is 4.98 Å². The first kappa shape index (κ1) is 12.8. The Morgan fingerprint density at radius 3 is 2.67 bits per heavy atom. The van der Waals surface area contributed by atoms with Crippen molar-refractivity contribution in [3.05, 3.63) is 65.5 Å². The van der Waals surface area contributed by atoms with E-state index in [-0.39, 0.29) is 6.10 Å². The molecule has 2 nitrogen and oxygen atoms in total. The summed E-state index contributed by atoms with van der Waals surface area (Å²) in [6.45, 7) is 1.94. The van der Waals surface area contributed by atoms with Crippen molar-refractivity contribution in [2.45, 2.75) is 32.3 Å². The number of hydrogen-bond acceptors (Lipinski definition) is 2. The number of aliphatic hydroxyl groups excluding tert-OH is 1. The molecule has 0 aliphatic rings. The van der Waals surface area contributed by atoms with Crippen LogP contribution in [0.25, 0.3) is 0 Å². The molecule has 0 radical (unpaired) electrons. The van der Waals surface area contributed by atoms with Crippen LogP contribution in [0.5, 0.6) is 0 Å². The second kappa shape index (κ2) is 6.31.